The third-order valence-corrected chi connectivity index (χ3v) is 4.71. The predicted octanol–water partition coefficient (Wildman–Crippen LogP) is 3.48. The zero-order chi connectivity index (χ0) is 20.6. The summed E-state index contributed by atoms with van der Waals surface area (Å²) in [4.78, 5) is 37.6. The average molecular weight is 379 g/mol. The van der Waals surface area contributed by atoms with Gasteiger partial charge >= 0.3 is 5.97 Å². The van der Waals surface area contributed by atoms with E-state index in [4.69, 9.17) is 4.74 Å². The van der Waals surface area contributed by atoms with Gasteiger partial charge in [0.15, 0.2) is 0 Å². The Balaban J connectivity index is 0.00000176. The van der Waals surface area contributed by atoms with Crippen LogP contribution in [-0.2, 0) is 19.1 Å². The standard InChI is InChI=1S/C19H24FNO4.C2H6/c1-11(2)17(22)16(19(24)25-3)15(12-6-8-13(20)9-7-12)14-5-4-10-21-18(14)23;1-2/h6-9,11,14-16H,4-5,10H2,1-3H3,(H,21,23);1-2H3. The molecule has 1 fully saturated rings. The van der Waals surface area contributed by atoms with Gasteiger partial charge < -0.3 is 10.1 Å². The number of methoxy groups -OCH3 is 1. The molecule has 1 aliphatic heterocycles. The maximum atomic E-state index is 13.3. The Hall–Kier alpha value is -2.24. The van der Waals surface area contributed by atoms with Crippen LogP contribution in [0.5, 0.6) is 0 Å². The van der Waals surface area contributed by atoms with Crippen LogP contribution >= 0.6 is 0 Å². The minimum atomic E-state index is -1.09. The number of rotatable bonds is 6. The summed E-state index contributed by atoms with van der Waals surface area (Å²) in [5, 5.41) is 2.80. The molecule has 0 radical (unpaired) electrons. The van der Waals surface area contributed by atoms with Gasteiger partial charge in [0.1, 0.15) is 17.5 Å². The van der Waals surface area contributed by atoms with Gasteiger partial charge in [0.2, 0.25) is 5.91 Å². The summed E-state index contributed by atoms with van der Waals surface area (Å²) >= 11 is 0. The lowest BCUT2D eigenvalue weighted by Gasteiger charge is -2.34. The van der Waals surface area contributed by atoms with Crippen molar-refractivity contribution in [1.29, 1.82) is 0 Å². The highest BCUT2D eigenvalue weighted by Gasteiger charge is 2.44. The maximum Gasteiger partial charge on any atom is 0.316 e. The molecule has 1 aromatic carbocycles. The molecule has 5 nitrogen and oxygen atoms in total. The molecule has 1 aromatic rings. The van der Waals surface area contributed by atoms with E-state index in [1.807, 2.05) is 13.8 Å². The van der Waals surface area contributed by atoms with Gasteiger partial charge in [-0.1, -0.05) is 39.8 Å². The Labute approximate surface area is 160 Å². The second-order valence-corrected chi connectivity index (χ2v) is 6.67. The number of ether oxygens (including phenoxy) is 1. The van der Waals surface area contributed by atoms with Crippen LogP contribution in [0.15, 0.2) is 24.3 Å². The Morgan fingerprint density at radius 1 is 1.19 bits per heavy atom. The summed E-state index contributed by atoms with van der Waals surface area (Å²) in [6.07, 6.45) is 1.32. The van der Waals surface area contributed by atoms with Gasteiger partial charge in [0.05, 0.1) is 7.11 Å². The third kappa shape index (κ3) is 5.62. The molecule has 2 rings (SSSR count). The van der Waals surface area contributed by atoms with Crippen molar-refractivity contribution in [3.05, 3.63) is 35.6 Å². The van der Waals surface area contributed by atoms with Crippen molar-refractivity contribution < 1.29 is 23.5 Å². The fourth-order valence-corrected chi connectivity index (χ4v) is 3.41. The Morgan fingerprint density at radius 3 is 2.26 bits per heavy atom. The fraction of sp³-hybridized carbons (Fsp3) is 0.571. The van der Waals surface area contributed by atoms with E-state index in [1.165, 1.54) is 31.4 Å². The second-order valence-electron chi connectivity index (χ2n) is 6.67. The number of halogens is 1. The van der Waals surface area contributed by atoms with Gasteiger partial charge in [-0.25, -0.2) is 4.39 Å². The molecule has 0 spiro atoms. The van der Waals surface area contributed by atoms with Crippen molar-refractivity contribution in [2.75, 3.05) is 13.7 Å². The summed E-state index contributed by atoms with van der Waals surface area (Å²) in [5.74, 6) is -4.24. The molecule has 1 heterocycles. The summed E-state index contributed by atoms with van der Waals surface area (Å²) in [7, 11) is 1.23. The smallest absolute Gasteiger partial charge is 0.316 e. The van der Waals surface area contributed by atoms with Crippen LogP contribution in [-0.4, -0.2) is 31.3 Å². The Bertz CT molecular complexity index is 642. The first kappa shape index (κ1) is 22.8. The summed E-state index contributed by atoms with van der Waals surface area (Å²) < 4.78 is 18.2. The molecule has 3 atom stereocenters. The van der Waals surface area contributed by atoms with E-state index in [0.717, 1.165) is 6.42 Å². The van der Waals surface area contributed by atoms with E-state index in [-0.39, 0.29) is 11.7 Å². The molecule has 3 unspecified atom stereocenters. The lowest BCUT2D eigenvalue weighted by Crippen LogP contribution is -2.45. The van der Waals surface area contributed by atoms with E-state index in [2.05, 4.69) is 5.32 Å². The van der Waals surface area contributed by atoms with Gasteiger partial charge in [-0.05, 0) is 30.5 Å². The highest BCUT2D eigenvalue weighted by Crippen LogP contribution is 2.38. The molecule has 1 N–H and O–H groups in total. The minimum Gasteiger partial charge on any atom is -0.468 e. The van der Waals surface area contributed by atoms with Crippen molar-refractivity contribution in [2.45, 2.75) is 46.5 Å². The number of hydrogen-bond acceptors (Lipinski definition) is 4. The first-order valence-corrected chi connectivity index (χ1v) is 9.51. The molecule has 0 bridgehead atoms. The van der Waals surface area contributed by atoms with E-state index >= 15 is 0 Å². The quantitative estimate of drug-likeness (QED) is 0.607. The van der Waals surface area contributed by atoms with Crippen LogP contribution in [0.25, 0.3) is 0 Å². The topological polar surface area (TPSA) is 72.5 Å². The minimum absolute atomic E-state index is 0.189. The fourth-order valence-electron chi connectivity index (χ4n) is 3.41. The number of Topliss-reactive ketones (excluding diaryl/α,β-unsaturated/α-hetero) is 1. The molecule has 1 saturated heterocycles. The molecule has 0 aromatic heterocycles. The van der Waals surface area contributed by atoms with Gasteiger partial charge in [-0.15, -0.1) is 0 Å². The van der Waals surface area contributed by atoms with E-state index in [1.54, 1.807) is 13.8 Å². The van der Waals surface area contributed by atoms with Crippen LogP contribution in [0.3, 0.4) is 0 Å². The SMILES string of the molecule is CC.COC(=O)C(C(=O)C(C)C)C(c1ccc(F)cc1)C1CCCNC1=O. The largest absolute Gasteiger partial charge is 0.468 e. The number of amides is 1. The first-order chi connectivity index (χ1) is 12.9. The summed E-state index contributed by atoms with van der Waals surface area (Å²) in [5.41, 5.74) is 0.591. The van der Waals surface area contributed by atoms with Crippen molar-refractivity contribution in [2.24, 2.45) is 17.8 Å². The molecule has 27 heavy (non-hydrogen) atoms. The highest BCUT2D eigenvalue weighted by molar-refractivity contribution is 6.01. The monoisotopic (exact) mass is 379 g/mol. The van der Waals surface area contributed by atoms with E-state index in [0.29, 0.717) is 18.5 Å². The number of benzene rings is 1. The number of carbonyl (C=O) groups excluding carboxylic acids is 3. The predicted molar refractivity (Wildman–Crippen MR) is 102 cm³/mol. The lowest BCUT2D eigenvalue weighted by molar-refractivity contribution is -0.152. The Morgan fingerprint density at radius 2 is 1.78 bits per heavy atom. The van der Waals surface area contributed by atoms with Gasteiger partial charge in [0, 0.05) is 24.3 Å². The molecule has 150 valence electrons. The number of esters is 1. The zero-order valence-electron chi connectivity index (χ0n) is 16.8. The molecule has 0 aliphatic carbocycles. The van der Waals surface area contributed by atoms with Gasteiger partial charge in [-0.3, -0.25) is 14.4 Å². The van der Waals surface area contributed by atoms with Crippen LogP contribution in [0.4, 0.5) is 4.39 Å². The van der Waals surface area contributed by atoms with Crippen LogP contribution < -0.4 is 5.32 Å². The number of carbonyl (C=O) groups is 3. The molecular formula is C21H30FNO4. The molecule has 6 heteroatoms. The zero-order valence-corrected chi connectivity index (χ0v) is 16.8. The average Bonchev–Trinajstić information content (AvgIpc) is 2.68. The van der Waals surface area contributed by atoms with E-state index < -0.39 is 35.5 Å². The normalized spacial score (nSPS) is 18.6. The first-order valence-electron chi connectivity index (χ1n) is 9.51. The van der Waals surface area contributed by atoms with Crippen molar-refractivity contribution in [3.63, 3.8) is 0 Å². The third-order valence-electron chi connectivity index (χ3n) is 4.71. The van der Waals surface area contributed by atoms with Gasteiger partial charge in [0.25, 0.3) is 0 Å². The molecular weight excluding hydrogens is 349 g/mol. The Kier molecular flexibility index (Phi) is 9.12. The summed E-state index contributed by atoms with van der Waals surface area (Å²) in [6, 6.07) is 5.62. The molecule has 1 amide bonds. The van der Waals surface area contributed by atoms with Crippen LogP contribution in [0.1, 0.15) is 52.0 Å². The lowest BCUT2D eigenvalue weighted by atomic mass is 9.70. The number of piperidine rings is 1. The highest BCUT2D eigenvalue weighted by atomic mass is 19.1. The number of nitrogens with one attached hydrogen (secondary N) is 1. The van der Waals surface area contributed by atoms with Crippen molar-refractivity contribution >= 4 is 17.7 Å². The molecule has 1 aliphatic rings. The maximum absolute atomic E-state index is 13.3. The van der Waals surface area contributed by atoms with Crippen molar-refractivity contribution in [1.82, 2.24) is 5.32 Å². The van der Waals surface area contributed by atoms with E-state index in [9.17, 15) is 18.8 Å². The van der Waals surface area contributed by atoms with Gasteiger partial charge in [-0.2, -0.15) is 0 Å². The number of hydrogen-bond donors (Lipinski definition) is 1. The van der Waals surface area contributed by atoms with Crippen LogP contribution in [0.2, 0.25) is 0 Å². The number of ketones is 1. The second kappa shape index (κ2) is 10.8. The van der Waals surface area contributed by atoms with Crippen LogP contribution in [0, 0.1) is 23.6 Å². The molecule has 0 saturated carbocycles. The summed E-state index contributed by atoms with van der Waals surface area (Å²) in [6.45, 7) is 7.99. The van der Waals surface area contributed by atoms with Crippen molar-refractivity contribution in [3.8, 4) is 0 Å².